The summed E-state index contributed by atoms with van der Waals surface area (Å²) in [6.45, 7) is 4.06. The van der Waals surface area contributed by atoms with E-state index < -0.39 is 0 Å². The summed E-state index contributed by atoms with van der Waals surface area (Å²) in [5, 5.41) is 5.89. The van der Waals surface area contributed by atoms with E-state index in [-0.39, 0.29) is 11.0 Å². The molecular formula is C18H20N2O3S. The molecule has 0 fully saturated rings. The number of benzene rings is 2. The highest BCUT2D eigenvalue weighted by atomic mass is 32.1. The number of amides is 1. The molecule has 2 N–H and O–H groups in total. The zero-order valence-electron chi connectivity index (χ0n) is 14.1. The Morgan fingerprint density at radius 1 is 0.958 bits per heavy atom. The number of methoxy groups -OCH3 is 2. The van der Waals surface area contributed by atoms with Crippen LogP contribution in [0.1, 0.15) is 21.5 Å². The van der Waals surface area contributed by atoms with E-state index in [4.69, 9.17) is 21.7 Å². The van der Waals surface area contributed by atoms with E-state index in [1.165, 1.54) is 12.7 Å². The SMILES string of the molecule is COc1ccc(C(=O)NC(=S)Nc2ccc(C)c(C)c2)cc1OC. The number of aryl methyl sites for hydroxylation is 2. The third-order valence-corrected chi connectivity index (χ3v) is 3.84. The first-order valence-electron chi connectivity index (χ1n) is 7.36. The molecule has 0 saturated heterocycles. The summed E-state index contributed by atoms with van der Waals surface area (Å²) in [6.07, 6.45) is 0. The number of hydrogen-bond donors (Lipinski definition) is 2. The van der Waals surface area contributed by atoms with Crippen LogP contribution in [0.15, 0.2) is 36.4 Å². The summed E-state index contributed by atoms with van der Waals surface area (Å²) < 4.78 is 10.4. The van der Waals surface area contributed by atoms with Gasteiger partial charge < -0.3 is 14.8 Å². The van der Waals surface area contributed by atoms with Gasteiger partial charge >= 0.3 is 0 Å². The molecule has 0 saturated carbocycles. The van der Waals surface area contributed by atoms with Crippen molar-refractivity contribution in [2.75, 3.05) is 19.5 Å². The molecule has 0 spiro atoms. The Morgan fingerprint density at radius 3 is 2.29 bits per heavy atom. The monoisotopic (exact) mass is 344 g/mol. The molecule has 0 heterocycles. The molecule has 1 amide bonds. The predicted octanol–water partition coefficient (Wildman–Crippen LogP) is 3.45. The van der Waals surface area contributed by atoms with Crippen molar-refractivity contribution in [2.24, 2.45) is 0 Å². The first kappa shape index (κ1) is 17.7. The standard InChI is InChI=1S/C18H20N2O3S/c1-11-5-7-14(9-12(11)2)19-18(24)20-17(21)13-6-8-15(22-3)16(10-13)23-4/h5-10H,1-4H3,(H2,19,20,21,24). The van der Waals surface area contributed by atoms with E-state index in [9.17, 15) is 4.79 Å². The first-order valence-corrected chi connectivity index (χ1v) is 7.77. The van der Waals surface area contributed by atoms with Crippen molar-refractivity contribution in [1.29, 1.82) is 0 Å². The van der Waals surface area contributed by atoms with Gasteiger partial charge in [0.05, 0.1) is 14.2 Å². The summed E-state index contributed by atoms with van der Waals surface area (Å²) in [5.74, 6) is 0.723. The van der Waals surface area contributed by atoms with Crippen LogP contribution < -0.4 is 20.1 Å². The molecular weight excluding hydrogens is 324 g/mol. The third kappa shape index (κ3) is 4.23. The smallest absolute Gasteiger partial charge is 0.257 e. The van der Waals surface area contributed by atoms with Crippen molar-refractivity contribution >= 4 is 28.9 Å². The maximum atomic E-state index is 12.3. The lowest BCUT2D eigenvalue weighted by atomic mass is 10.1. The average Bonchev–Trinajstić information content (AvgIpc) is 2.57. The zero-order valence-corrected chi connectivity index (χ0v) is 14.9. The molecule has 6 heteroatoms. The van der Waals surface area contributed by atoms with Gasteiger partial charge in [-0.1, -0.05) is 6.07 Å². The molecule has 0 radical (unpaired) electrons. The van der Waals surface area contributed by atoms with Gasteiger partial charge in [-0.25, -0.2) is 0 Å². The lowest BCUT2D eigenvalue weighted by Gasteiger charge is -2.12. The average molecular weight is 344 g/mol. The van der Waals surface area contributed by atoms with Crippen LogP contribution >= 0.6 is 12.2 Å². The van der Waals surface area contributed by atoms with Crippen molar-refractivity contribution < 1.29 is 14.3 Å². The fourth-order valence-electron chi connectivity index (χ4n) is 2.13. The largest absolute Gasteiger partial charge is 0.493 e. The summed E-state index contributed by atoms with van der Waals surface area (Å²) in [4.78, 5) is 12.3. The van der Waals surface area contributed by atoms with Gasteiger partial charge in [0, 0.05) is 11.3 Å². The van der Waals surface area contributed by atoms with Crippen LogP contribution in [0.3, 0.4) is 0 Å². The number of hydrogen-bond acceptors (Lipinski definition) is 4. The molecule has 2 rings (SSSR count). The Morgan fingerprint density at radius 2 is 1.67 bits per heavy atom. The molecule has 126 valence electrons. The summed E-state index contributed by atoms with van der Waals surface area (Å²) in [6, 6.07) is 10.8. The highest BCUT2D eigenvalue weighted by molar-refractivity contribution is 7.80. The Bertz CT molecular complexity index is 775. The first-order chi connectivity index (χ1) is 11.4. The van der Waals surface area contributed by atoms with Crippen molar-refractivity contribution in [3.63, 3.8) is 0 Å². The maximum absolute atomic E-state index is 12.3. The maximum Gasteiger partial charge on any atom is 0.257 e. The zero-order chi connectivity index (χ0) is 17.7. The number of carbonyl (C=O) groups excluding carboxylic acids is 1. The number of rotatable bonds is 4. The molecule has 0 aliphatic carbocycles. The Kier molecular flexibility index (Phi) is 5.76. The van der Waals surface area contributed by atoms with E-state index in [2.05, 4.69) is 10.6 Å². The summed E-state index contributed by atoms with van der Waals surface area (Å²) in [7, 11) is 3.06. The van der Waals surface area contributed by atoms with Crippen LogP contribution in [-0.2, 0) is 0 Å². The van der Waals surface area contributed by atoms with Gasteiger partial charge in [0.15, 0.2) is 16.6 Å². The summed E-state index contributed by atoms with van der Waals surface area (Å²) in [5.41, 5.74) is 3.60. The number of carbonyl (C=O) groups is 1. The molecule has 0 aromatic heterocycles. The van der Waals surface area contributed by atoms with E-state index in [1.54, 1.807) is 25.3 Å². The van der Waals surface area contributed by atoms with E-state index >= 15 is 0 Å². The van der Waals surface area contributed by atoms with Crippen LogP contribution in [0.4, 0.5) is 5.69 Å². The minimum absolute atomic E-state index is 0.234. The van der Waals surface area contributed by atoms with Crippen LogP contribution in [-0.4, -0.2) is 25.2 Å². The van der Waals surface area contributed by atoms with Crippen molar-refractivity contribution in [3.8, 4) is 11.5 Å². The highest BCUT2D eigenvalue weighted by Gasteiger charge is 2.12. The van der Waals surface area contributed by atoms with E-state index in [0.717, 1.165) is 11.3 Å². The van der Waals surface area contributed by atoms with E-state index in [0.29, 0.717) is 17.1 Å². The fraction of sp³-hybridized carbons (Fsp3) is 0.222. The second-order valence-corrected chi connectivity index (χ2v) is 5.69. The minimum Gasteiger partial charge on any atom is -0.493 e. The van der Waals surface area contributed by atoms with Crippen molar-refractivity contribution in [1.82, 2.24) is 5.32 Å². The molecule has 0 aliphatic rings. The predicted molar refractivity (Wildman–Crippen MR) is 99.1 cm³/mol. The molecule has 2 aromatic carbocycles. The number of nitrogens with one attached hydrogen (secondary N) is 2. The Labute approximate surface area is 147 Å². The number of ether oxygens (including phenoxy) is 2. The second kappa shape index (κ2) is 7.79. The van der Waals surface area contributed by atoms with Crippen molar-refractivity contribution in [3.05, 3.63) is 53.1 Å². The van der Waals surface area contributed by atoms with Gasteiger partial charge in [0.25, 0.3) is 5.91 Å². The van der Waals surface area contributed by atoms with Gasteiger partial charge in [-0.05, 0) is 67.5 Å². The van der Waals surface area contributed by atoms with Gasteiger partial charge in [-0.3, -0.25) is 10.1 Å². The normalized spacial score (nSPS) is 10.0. The highest BCUT2D eigenvalue weighted by Crippen LogP contribution is 2.27. The quantitative estimate of drug-likeness (QED) is 0.832. The molecule has 0 bridgehead atoms. The molecule has 0 aliphatic heterocycles. The molecule has 5 nitrogen and oxygen atoms in total. The van der Waals surface area contributed by atoms with E-state index in [1.807, 2.05) is 32.0 Å². The van der Waals surface area contributed by atoms with Crippen molar-refractivity contribution in [2.45, 2.75) is 13.8 Å². The molecule has 24 heavy (non-hydrogen) atoms. The van der Waals surface area contributed by atoms with Gasteiger partial charge in [-0.2, -0.15) is 0 Å². The van der Waals surface area contributed by atoms with Gasteiger partial charge in [-0.15, -0.1) is 0 Å². The van der Waals surface area contributed by atoms with Gasteiger partial charge in [0.2, 0.25) is 0 Å². The third-order valence-electron chi connectivity index (χ3n) is 3.64. The van der Waals surface area contributed by atoms with Crippen LogP contribution in [0, 0.1) is 13.8 Å². The second-order valence-electron chi connectivity index (χ2n) is 5.28. The minimum atomic E-state index is -0.322. The number of anilines is 1. The Hall–Kier alpha value is -2.60. The number of thiocarbonyl (C=S) groups is 1. The van der Waals surface area contributed by atoms with Gasteiger partial charge in [0.1, 0.15) is 0 Å². The Balaban J connectivity index is 2.05. The lowest BCUT2D eigenvalue weighted by molar-refractivity contribution is 0.0977. The molecule has 0 atom stereocenters. The van der Waals surface area contributed by atoms with Crippen LogP contribution in [0.2, 0.25) is 0 Å². The summed E-state index contributed by atoms with van der Waals surface area (Å²) >= 11 is 5.20. The lowest BCUT2D eigenvalue weighted by Crippen LogP contribution is -2.34. The topological polar surface area (TPSA) is 59.6 Å². The van der Waals surface area contributed by atoms with Crippen LogP contribution in [0.25, 0.3) is 0 Å². The molecule has 0 unspecified atom stereocenters. The fourth-order valence-corrected chi connectivity index (χ4v) is 2.34. The molecule has 2 aromatic rings. The van der Waals surface area contributed by atoms with Crippen LogP contribution in [0.5, 0.6) is 11.5 Å².